The van der Waals surface area contributed by atoms with Crippen LogP contribution in [0.2, 0.25) is 5.28 Å². The third-order valence-corrected chi connectivity index (χ3v) is 7.48. The van der Waals surface area contributed by atoms with Crippen LogP contribution in [0.4, 0.5) is 10.2 Å². The Morgan fingerprint density at radius 1 is 0.973 bits per heavy atom. The highest BCUT2D eigenvalue weighted by Crippen LogP contribution is 2.40. The lowest BCUT2D eigenvalue weighted by Gasteiger charge is -2.15. The molecular weight excluding hydrogens is 487 g/mol. The molecule has 5 rings (SSSR count). The summed E-state index contributed by atoms with van der Waals surface area (Å²) in [5.41, 5.74) is 10.5. The van der Waals surface area contributed by atoms with Gasteiger partial charge in [-0.05, 0) is 99.1 Å². The van der Waals surface area contributed by atoms with Crippen molar-refractivity contribution in [2.75, 3.05) is 31.9 Å². The Labute approximate surface area is 222 Å². The smallest absolute Gasteiger partial charge is 0.226 e. The van der Waals surface area contributed by atoms with E-state index in [1.165, 1.54) is 18.6 Å². The van der Waals surface area contributed by atoms with Crippen LogP contribution in [0.25, 0.3) is 22.2 Å². The maximum atomic E-state index is 13.0. The number of nitrogen functional groups attached to an aromatic ring is 1. The first-order valence-corrected chi connectivity index (χ1v) is 13.5. The summed E-state index contributed by atoms with van der Waals surface area (Å²) >= 11 is 6.21. The van der Waals surface area contributed by atoms with Crippen LogP contribution < -0.4 is 16.4 Å². The summed E-state index contributed by atoms with van der Waals surface area (Å²) < 4.78 is 15.3. The minimum Gasteiger partial charge on any atom is -0.383 e. The number of nitrogens with two attached hydrogens (primary N) is 1. The van der Waals surface area contributed by atoms with Gasteiger partial charge >= 0.3 is 0 Å². The average Bonchev–Trinajstić information content (AvgIpc) is 3.52. The monoisotopic (exact) mass is 520 g/mol. The van der Waals surface area contributed by atoms with E-state index in [4.69, 9.17) is 17.3 Å². The molecule has 1 saturated carbocycles. The fourth-order valence-corrected chi connectivity index (χ4v) is 5.57. The lowest BCUT2D eigenvalue weighted by atomic mass is 10.1. The average molecular weight is 521 g/mol. The Kier molecular flexibility index (Phi) is 8.34. The molecule has 6 nitrogen and oxygen atoms in total. The van der Waals surface area contributed by atoms with Crippen molar-refractivity contribution in [1.82, 2.24) is 25.2 Å². The molecule has 2 aromatic heterocycles. The van der Waals surface area contributed by atoms with E-state index in [0.717, 1.165) is 79.6 Å². The quantitative estimate of drug-likeness (QED) is 0.176. The predicted octanol–water partition coefficient (Wildman–Crippen LogP) is 5.63. The fourth-order valence-electron chi connectivity index (χ4n) is 5.40. The lowest BCUT2D eigenvalue weighted by molar-refractivity contribution is 0.452. The molecular formula is C29H34ClFN6. The Morgan fingerprint density at radius 2 is 1.76 bits per heavy atom. The third-order valence-electron chi connectivity index (χ3n) is 7.31. The third kappa shape index (κ3) is 6.29. The zero-order valence-corrected chi connectivity index (χ0v) is 21.7. The summed E-state index contributed by atoms with van der Waals surface area (Å²) in [4.78, 5) is 8.81. The van der Waals surface area contributed by atoms with E-state index in [-0.39, 0.29) is 11.1 Å². The van der Waals surface area contributed by atoms with Crippen molar-refractivity contribution >= 4 is 28.5 Å². The van der Waals surface area contributed by atoms with Crippen LogP contribution in [-0.2, 0) is 6.42 Å². The van der Waals surface area contributed by atoms with Gasteiger partial charge in [-0.25, -0.2) is 9.37 Å². The normalized spacial score (nSPS) is 17.6. The number of nitrogens with zero attached hydrogens (tertiary/aromatic N) is 3. The highest BCUT2D eigenvalue weighted by Gasteiger charge is 2.28. The summed E-state index contributed by atoms with van der Waals surface area (Å²) in [5, 5.41) is 8.19. The van der Waals surface area contributed by atoms with Gasteiger partial charge in [-0.15, -0.1) is 0 Å². The number of nitrogens with one attached hydrogen (secondary N) is 2. The molecule has 2 atom stereocenters. The van der Waals surface area contributed by atoms with Crippen molar-refractivity contribution in [2.45, 2.75) is 38.1 Å². The van der Waals surface area contributed by atoms with Crippen molar-refractivity contribution in [3.8, 4) is 11.1 Å². The topological polar surface area (TPSA) is 80.8 Å². The van der Waals surface area contributed by atoms with Gasteiger partial charge in [0.05, 0.1) is 5.39 Å². The van der Waals surface area contributed by atoms with Gasteiger partial charge in [-0.1, -0.05) is 42.5 Å². The molecule has 4 N–H and O–H groups in total. The first-order chi connectivity index (χ1) is 18.1. The maximum absolute atomic E-state index is 13.0. The molecule has 0 radical (unpaired) electrons. The number of anilines is 1. The molecule has 2 unspecified atom stereocenters. The number of rotatable bonds is 11. The number of fused-ring (bicyclic) bond motifs is 1. The number of benzene rings is 2. The molecule has 0 saturated heterocycles. The van der Waals surface area contributed by atoms with E-state index < -0.39 is 0 Å². The largest absolute Gasteiger partial charge is 0.383 e. The van der Waals surface area contributed by atoms with Gasteiger partial charge in [0.15, 0.2) is 0 Å². The second-order valence-corrected chi connectivity index (χ2v) is 10.2. The van der Waals surface area contributed by atoms with Crippen LogP contribution in [-0.4, -0.2) is 40.7 Å². The summed E-state index contributed by atoms with van der Waals surface area (Å²) in [5.74, 6) is 0.872. The molecule has 0 spiro atoms. The fraction of sp³-hybridized carbons (Fsp3) is 0.379. The van der Waals surface area contributed by atoms with Crippen molar-refractivity contribution in [2.24, 2.45) is 5.92 Å². The zero-order valence-electron chi connectivity index (χ0n) is 21.0. The molecule has 194 valence electrons. The number of aromatic nitrogens is 3. The number of hydrogen-bond donors (Lipinski definition) is 3. The Bertz CT molecular complexity index is 1310. The number of hydrogen-bond acceptors (Lipinski definition) is 5. The molecule has 1 aliphatic rings. The van der Waals surface area contributed by atoms with E-state index >= 15 is 0 Å². The molecule has 2 aromatic carbocycles. The van der Waals surface area contributed by atoms with Crippen LogP contribution in [0.5, 0.6) is 0 Å². The maximum Gasteiger partial charge on any atom is 0.226 e. The molecule has 4 aromatic rings. The van der Waals surface area contributed by atoms with Crippen molar-refractivity contribution in [3.63, 3.8) is 0 Å². The summed E-state index contributed by atoms with van der Waals surface area (Å²) in [6, 6.07) is 17.4. The summed E-state index contributed by atoms with van der Waals surface area (Å²) in [7, 11) is 0. The molecule has 8 heteroatoms. The predicted molar refractivity (Wildman–Crippen MR) is 149 cm³/mol. The molecule has 1 aliphatic carbocycles. The Morgan fingerprint density at radius 3 is 2.57 bits per heavy atom. The van der Waals surface area contributed by atoms with E-state index in [1.807, 2.05) is 30.3 Å². The van der Waals surface area contributed by atoms with E-state index in [0.29, 0.717) is 17.8 Å². The first-order valence-electron chi connectivity index (χ1n) is 13.1. The van der Waals surface area contributed by atoms with Crippen LogP contribution in [0.1, 0.15) is 37.3 Å². The van der Waals surface area contributed by atoms with E-state index in [9.17, 15) is 4.39 Å². The van der Waals surface area contributed by atoms with E-state index in [2.05, 4.69) is 43.5 Å². The van der Waals surface area contributed by atoms with Gasteiger partial charge in [-0.3, -0.25) is 0 Å². The van der Waals surface area contributed by atoms with Gasteiger partial charge in [-0.2, -0.15) is 4.98 Å². The Balaban J connectivity index is 1.11. The van der Waals surface area contributed by atoms with Crippen molar-refractivity contribution in [3.05, 3.63) is 77.5 Å². The lowest BCUT2D eigenvalue weighted by Crippen LogP contribution is -2.26. The van der Waals surface area contributed by atoms with Crippen LogP contribution in [0, 0.1) is 11.7 Å². The highest BCUT2D eigenvalue weighted by atomic mass is 35.5. The first kappa shape index (κ1) is 25.6. The van der Waals surface area contributed by atoms with Crippen molar-refractivity contribution < 1.29 is 4.39 Å². The van der Waals surface area contributed by atoms with Crippen LogP contribution in [0.15, 0.2) is 60.8 Å². The minimum atomic E-state index is -0.182. The van der Waals surface area contributed by atoms with Crippen molar-refractivity contribution in [1.29, 1.82) is 0 Å². The summed E-state index contributed by atoms with van der Waals surface area (Å²) in [6.07, 6.45) is 7.57. The van der Waals surface area contributed by atoms with Gasteiger partial charge in [0, 0.05) is 17.8 Å². The molecule has 2 heterocycles. The molecule has 1 fully saturated rings. The molecule has 0 amide bonds. The standard InChI is InChI=1S/C29H34ClFN6/c30-29-35-27(32)26-25(22-5-2-1-3-6-22)19-37(28(26)36-29)24-12-9-21(17-24)18-34-15-4-14-33-16-13-20-7-10-23(31)11-8-20/h1-3,5-8,10-11,19,21,24,33-34H,4,9,12-18H2,(H2,32,35,36). The molecule has 0 aliphatic heterocycles. The van der Waals surface area contributed by atoms with Gasteiger partial charge in [0.2, 0.25) is 5.28 Å². The SMILES string of the molecule is Nc1nc(Cl)nc2c1c(-c1ccccc1)cn2C1CCC(CNCCCNCCc2ccc(F)cc2)C1. The number of halogens is 2. The molecule has 37 heavy (non-hydrogen) atoms. The minimum absolute atomic E-state index is 0.182. The molecule has 0 bridgehead atoms. The highest BCUT2D eigenvalue weighted by molar-refractivity contribution is 6.29. The zero-order chi connectivity index (χ0) is 25.6. The second-order valence-electron chi connectivity index (χ2n) is 9.91. The van der Waals surface area contributed by atoms with E-state index in [1.54, 1.807) is 0 Å². The summed E-state index contributed by atoms with van der Waals surface area (Å²) in [6.45, 7) is 3.90. The Hall–Kier alpha value is -3.00. The second kappa shape index (κ2) is 12.0. The van der Waals surface area contributed by atoms with Gasteiger partial charge < -0.3 is 20.9 Å². The van der Waals surface area contributed by atoms with Crippen LogP contribution in [0.3, 0.4) is 0 Å². The van der Waals surface area contributed by atoms with Gasteiger partial charge in [0.25, 0.3) is 0 Å². The van der Waals surface area contributed by atoms with Crippen LogP contribution >= 0.6 is 11.6 Å². The van der Waals surface area contributed by atoms with Gasteiger partial charge in [0.1, 0.15) is 17.3 Å².